The minimum atomic E-state index is -3.81. The Hall–Kier alpha value is -1.32. The molecule has 0 bridgehead atoms. The topological polar surface area (TPSA) is 70.0 Å². The predicted molar refractivity (Wildman–Crippen MR) is 59.0 cm³/mol. The van der Waals surface area contributed by atoms with Crippen LogP contribution in [0.25, 0.3) is 0 Å². The van der Waals surface area contributed by atoms with Gasteiger partial charge in [0.05, 0.1) is 16.8 Å². The third-order valence-corrected chi connectivity index (χ3v) is 3.69. The number of nitrogens with one attached hydrogen (secondary N) is 1. The van der Waals surface area contributed by atoms with E-state index < -0.39 is 21.1 Å². The number of benzene rings is 1. The van der Waals surface area contributed by atoms with Crippen LogP contribution >= 0.6 is 11.6 Å². The van der Waals surface area contributed by atoms with Crippen molar-refractivity contribution in [2.75, 3.05) is 4.72 Å². The van der Waals surface area contributed by atoms with E-state index >= 15 is 0 Å². The van der Waals surface area contributed by atoms with Gasteiger partial charge in [0.15, 0.2) is 5.25 Å². The molecule has 0 saturated carbocycles. The molecule has 7 heteroatoms. The van der Waals surface area contributed by atoms with E-state index in [1.807, 2.05) is 0 Å². The van der Waals surface area contributed by atoms with Gasteiger partial charge in [0, 0.05) is 0 Å². The summed E-state index contributed by atoms with van der Waals surface area (Å²) in [5.74, 6) is -0.730. The molecule has 1 rings (SSSR count). The lowest BCUT2D eigenvalue weighted by molar-refractivity contribution is 0.597. The van der Waals surface area contributed by atoms with Gasteiger partial charge >= 0.3 is 0 Å². The van der Waals surface area contributed by atoms with Crippen molar-refractivity contribution >= 4 is 27.3 Å². The number of nitrogens with zero attached hydrogens (tertiary/aromatic N) is 1. The van der Waals surface area contributed by atoms with E-state index in [9.17, 15) is 12.8 Å². The molecule has 0 aliphatic carbocycles. The molecule has 0 aliphatic rings. The van der Waals surface area contributed by atoms with Gasteiger partial charge in [-0.05, 0) is 25.1 Å². The lowest BCUT2D eigenvalue weighted by Crippen LogP contribution is -2.23. The Morgan fingerprint density at radius 2 is 2.19 bits per heavy atom. The second-order valence-corrected chi connectivity index (χ2v) is 5.46. The highest BCUT2D eigenvalue weighted by Crippen LogP contribution is 2.20. The summed E-state index contributed by atoms with van der Waals surface area (Å²) in [7, 11) is -3.81. The Morgan fingerprint density at radius 1 is 1.56 bits per heavy atom. The van der Waals surface area contributed by atoms with Gasteiger partial charge in [-0.15, -0.1) is 0 Å². The molecule has 1 aromatic rings. The summed E-state index contributed by atoms with van der Waals surface area (Å²) in [5.41, 5.74) is 0.0315. The molecular formula is C9H8ClFN2O2S. The summed E-state index contributed by atoms with van der Waals surface area (Å²) in [5, 5.41) is 7.17. The molecular weight excluding hydrogens is 255 g/mol. The maximum atomic E-state index is 13.0. The van der Waals surface area contributed by atoms with Gasteiger partial charge in [-0.1, -0.05) is 11.6 Å². The highest BCUT2D eigenvalue weighted by molar-refractivity contribution is 7.93. The molecule has 1 unspecified atom stereocenters. The normalized spacial score (nSPS) is 12.9. The lowest BCUT2D eigenvalue weighted by Gasteiger charge is -2.09. The van der Waals surface area contributed by atoms with E-state index in [1.165, 1.54) is 19.1 Å². The quantitative estimate of drug-likeness (QED) is 0.907. The van der Waals surface area contributed by atoms with E-state index in [0.29, 0.717) is 0 Å². The zero-order valence-electron chi connectivity index (χ0n) is 8.24. The lowest BCUT2D eigenvalue weighted by atomic mass is 10.3. The van der Waals surface area contributed by atoms with Crippen LogP contribution in [0.5, 0.6) is 0 Å². The standard InChI is InChI=1S/C9H8ClFN2O2S/c1-6(5-12)16(14,15)13-7-2-3-8(10)9(11)4-7/h2-4,6,13H,1H3. The Kier molecular flexibility index (Phi) is 3.73. The van der Waals surface area contributed by atoms with Crippen molar-refractivity contribution in [1.29, 1.82) is 5.26 Å². The average molecular weight is 263 g/mol. The summed E-state index contributed by atoms with van der Waals surface area (Å²) < 4.78 is 38.0. The zero-order valence-corrected chi connectivity index (χ0v) is 9.81. The molecule has 0 aliphatic heterocycles. The number of nitriles is 1. The van der Waals surface area contributed by atoms with Crippen LogP contribution in [0.1, 0.15) is 6.92 Å². The molecule has 4 nitrogen and oxygen atoms in total. The third-order valence-electron chi connectivity index (χ3n) is 1.83. The molecule has 0 fully saturated rings. The van der Waals surface area contributed by atoms with Gasteiger partial charge in [-0.3, -0.25) is 4.72 Å². The minimum Gasteiger partial charge on any atom is -0.282 e. The summed E-state index contributed by atoms with van der Waals surface area (Å²) >= 11 is 5.44. The monoisotopic (exact) mass is 262 g/mol. The highest BCUT2D eigenvalue weighted by atomic mass is 35.5. The predicted octanol–water partition coefficient (Wildman–Crippen LogP) is 2.13. The van der Waals surface area contributed by atoms with Crippen LogP contribution < -0.4 is 4.72 Å². The van der Waals surface area contributed by atoms with Crippen molar-refractivity contribution in [2.24, 2.45) is 0 Å². The van der Waals surface area contributed by atoms with E-state index in [-0.39, 0.29) is 10.7 Å². The van der Waals surface area contributed by atoms with Crippen molar-refractivity contribution in [1.82, 2.24) is 0 Å². The Labute approximate surface area is 97.7 Å². The zero-order chi connectivity index (χ0) is 12.3. The third kappa shape index (κ3) is 2.84. The second-order valence-electron chi connectivity index (χ2n) is 3.05. The number of hydrogen-bond acceptors (Lipinski definition) is 3. The van der Waals surface area contributed by atoms with Crippen molar-refractivity contribution in [2.45, 2.75) is 12.2 Å². The van der Waals surface area contributed by atoms with Crippen LogP contribution in [0.2, 0.25) is 5.02 Å². The average Bonchev–Trinajstić information content (AvgIpc) is 2.22. The first-order chi connectivity index (χ1) is 7.36. The van der Waals surface area contributed by atoms with Gasteiger partial charge in [0.1, 0.15) is 5.82 Å². The van der Waals surface area contributed by atoms with Gasteiger partial charge in [0.25, 0.3) is 0 Å². The Balaban J connectivity index is 2.98. The van der Waals surface area contributed by atoms with Crippen LogP contribution in [-0.4, -0.2) is 13.7 Å². The van der Waals surface area contributed by atoms with Crippen LogP contribution in [-0.2, 0) is 10.0 Å². The largest absolute Gasteiger partial charge is 0.282 e. The van der Waals surface area contributed by atoms with E-state index in [1.54, 1.807) is 6.07 Å². The summed E-state index contributed by atoms with van der Waals surface area (Å²) in [6.07, 6.45) is 0. The fourth-order valence-electron chi connectivity index (χ4n) is 0.882. The van der Waals surface area contributed by atoms with Crippen molar-refractivity contribution in [3.63, 3.8) is 0 Å². The summed E-state index contributed by atoms with van der Waals surface area (Å²) in [6.45, 7) is 1.23. The Bertz CT molecular complexity index is 539. The van der Waals surface area contributed by atoms with E-state index in [2.05, 4.69) is 4.72 Å². The molecule has 1 aromatic carbocycles. The highest BCUT2D eigenvalue weighted by Gasteiger charge is 2.20. The SMILES string of the molecule is CC(C#N)S(=O)(=O)Nc1ccc(Cl)c(F)c1. The van der Waals surface area contributed by atoms with E-state index in [0.717, 1.165) is 6.07 Å². The minimum absolute atomic E-state index is 0.0315. The van der Waals surface area contributed by atoms with Crippen LogP contribution in [0.15, 0.2) is 18.2 Å². The first-order valence-electron chi connectivity index (χ1n) is 4.23. The number of rotatable bonds is 3. The van der Waals surface area contributed by atoms with Gasteiger partial charge in [0.2, 0.25) is 10.0 Å². The second kappa shape index (κ2) is 4.68. The molecule has 0 radical (unpaired) electrons. The molecule has 86 valence electrons. The van der Waals surface area contributed by atoms with Crippen LogP contribution in [0, 0.1) is 17.1 Å². The number of halogens is 2. The Morgan fingerprint density at radius 3 is 2.69 bits per heavy atom. The number of anilines is 1. The molecule has 0 aromatic heterocycles. The van der Waals surface area contributed by atoms with Gasteiger partial charge in [-0.2, -0.15) is 5.26 Å². The molecule has 1 N–H and O–H groups in total. The summed E-state index contributed by atoms with van der Waals surface area (Å²) in [4.78, 5) is 0. The van der Waals surface area contributed by atoms with Crippen molar-refractivity contribution in [3.05, 3.63) is 29.0 Å². The number of sulfonamides is 1. The molecule has 0 spiro atoms. The summed E-state index contributed by atoms with van der Waals surface area (Å²) in [6, 6.07) is 5.07. The fourth-order valence-corrected chi connectivity index (χ4v) is 1.77. The van der Waals surface area contributed by atoms with Gasteiger partial charge < -0.3 is 0 Å². The molecule has 1 atom stereocenters. The van der Waals surface area contributed by atoms with Crippen LogP contribution in [0.3, 0.4) is 0 Å². The molecule has 0 saturated heterocycles. The van der Waals surface area contributed by atoms with Crippen molar-refractivity contribution < 1.29 is 12.8 Å². The fraction of sp³-hybridized carbons (Fsp3) is 0.222. The van der Waals surface area contributed by atoms with Crippen molar-refractivity contribution in [3.8, 4) is 6.07 Å². The van der Waals surface area contributed by atoms with E-state index in [4.69, 9.17) is 16.9 Å². The maximum Gasteiger partial charge on any atom is 0.248 e. The maximum absolute atomic E-state index is 13.0. The molecule has 16 heavy (non-hydrogen) atoms. The number of hydrogen-bond donors (Lipinski definition) is 1. The smallest absolute Gasteiger partial charge is 0.248 e. The first-order valence-corrected chi connectivity index (χ1v) is 6.15. The molecule has 0 heterocycles. The van der Waals surface area contributed by atoms with Gasteiger partial charge in [-0.25, -0.2) is 12.8 Å². The molecule has 0 amide bonds. The first kappa shape index (κ1) is 12.7. The van der Waals surface area contributed by atoms with Crippen LogP contribution in [0.4, 0.5) is 10.1 Å².